The summed E-state index contributed by atoms with van der Waals surface area (Å²) < 4.78 is 0. The third-order valence-electron chi connectivity index (χ3n) is 5.22. The summed E-state index contributed by atoms with van der Waals surface area (Å²) in [6.45, 7) is 0. The highest BCUT2D eigenvalue weighted by molar-refractivity contribution is 7.99. The highest BCUT2D eigenvalue weighted by Gasteiger charge is 2.31. The monoisotopic (exact) mass is 458 g/mol. The van der Waals surface area contributed by atoms with Crippen molar-refractivity contribution in [2.24, 2.45) is 0 Å². The van der Waals surface area contributed by atoms with E-state index < -0.39 is 4.92 Å². The van der Waals surface area contributed by atoms with Crippen LogP contribution in [0.1, 0.15) is 31.8 Å². The van der Waals surface area contributed by atoms with E-state index in [0.717, 1.165) is 11.8 Å². The van der Waals surface area contributed by atoms with Crippen LogP contribution in [-0.4, -0.2) is 38.1 Å². The van der Waals surface area contributed by atoms with Gasteiger partial charge in [-0.1, -0.05) is 48.2 Å². The molecule has 0 aliphatic heterocycles. The largest absolute Gasteiger partial charge is 0.333 e. The molecule has 1 amide bonds. The van der Waals surface area contributed by atoms with Crippen molar-refractivity contribution >= 4 is 51.6 Å². The average Bonchev–Trinajstić information content (AvgIpc) is 3.23. The van der Waals surface area contributed by atoms with Crippen molar-refractivity contribution in [3.05, 3.63) is 93.0 Å². The van der Waals surface area contributed by atoms with Crippen LogP contribution in [0.2, 0.25) is 0 Å². The minimum Gasteiger partial charge on any atom is -0.333 e. The van der Waals surface area contributed by atoms with Crippen LogP contribution < -0.4 is 5.32 Å². The maximum Gasteiger partial charge on any atom is 0.271 e. The summed E-state index contributed by atoms with van der Waals surface area (Å²) in [5, 5.41) is 14.1. The number of H-pyrrole nitrogens is 1. The Morgan fingerprint density at radius 1 is 1.00 bits per heavy atom. The molecule has 162 valence electrons. The molecule has 1 aliphatic rings. The molecule has 3 aromatic carbocycles. The first-order valence-corrected chi connectivity index (χ1v) is 10.8. The molecule has 0 fully saturated rings. The average molecular weight is 458 g/mol. The van der Waals surface area contributed by atoms with E-state index in [-0.39, 0.29) is 45.7 Å². The number of hydrogen-bond acceptors (Lipinski definition) is 7. The van der Waals surface area contributed by atoms with Gasteiger partial charge in [-0.15, -0.1) is 0 Å². The van der Waals surface area contributed by atoms with Gasteiger partial charge in [0.1, 0.15) is 0 Å². The molecule has 9 nitrogen and oxygen atoms in total. The zero-order valence-corrected chi connectivity index (χ0v) is 17.6. The van der Waals surface area contributed by atoms with Gasteiger partial charge in [0.25, 0.3) is 5.69 Å². The van der Waals surface area contributed by atoms with Crippen LogP contribution in [-0.2, 0) is 4.79 Å². The zero-order valence-electron chi connectivity index (χ0n) is 16.8. The summed E-state index contributed by atoms with van der Waals surface area (Å²) in [5.74, 6) is -0.992. The standard InChI is InChI=1S/C23H14N4O5S/c28-19(11-33-23-25-16-9-8-12(27(31)32)10-18(16)26-23)24-17-7-3-6-15-20(17)22(30)14-5-2-1-4-13(14)21(15)29/h1-10H,11H2,(H,24,28)(H,25,26). The molecule has 1 aromatic heterocycles. The molecule has 0 saturated carbocycles. The third-order valence-corrected chi connectivity index (χ3v) is 6.09. The third kappa shape index (κ3) is 3.66. The number of thioether (sulfide) groups is 1. The number of nitro benzene ring substituents is 1. The molecule has 0 saturated heterocycles. The van der Waals surface area contributed by atoms with E-state index in [1.165, 1.54) is 18.2 Å². The van der Waals surface area contributed by atoms with E-state index in [1.54, 1.807) is 42.5 Å². The van der Waals surface area contributed by atoms with E-state index in [1.807, 2.05) is 0 Å². The van der Waals surface area contributed by atoms with Gasteiger partial charge in [0.05, 0.1) is 33.0 Å². The van der Waals surface area contributed by atoms with Gasteiger partial charge < -0.3 is 10.3 Å². The highest BCUT2D eigenvalue weighted by atomic mass is 32.2. The van der Waals surface area contributed by atoms with Crippen molar-refractivity contribution in [3.63, 3.8) is 0 Å². The number of aromatic nitrogens is 2. The number of anilines is 1. The molecule has 1 aliphatic carbocycles. The Morgan fingerprint density at radius 2 is 1.73 bits per heavy atom. The van der Waals surface area contributed by atoms with Gasteiger partial charge >= 0.3 is 0 Å². The summed E-state index contributed by atoms with van der Waals surface area (Å²) in [7, 11) is 0. The van der Waals surface area contributed by atoms with E-state index in [2.05, 4.69) is 15.3 Å². The molecular formula is C23H14N4O5S. The van der Waals surface area contributed by atoms with Gasteiger partial charge in [-0.2, -0.15) is 0 Å². The first-order chi connectivity index (χ1) is 15.9. The number of non-ortho nitro benzene ring substituents is 1. The lowest BCUT2D eigenvalue weighted by molar-refractivity contribution is -0.384. The SMILES string of the molecule is O=C(CSc1nc2ccc([N+](=O)[O-])cc2[nH]1)Nc1cccc2c1C(=O)c1ccccc1C2=O. The van der Waals surface area contributed by atoms with Gasteiger partial charge in [0.15, 0.2) is 16.7 Å². The number of ketones is 2. The quantitative estimate of drug-likeness (QED) is 0.231. The van der Waals surface area contributed by atoms with Crippen LogP contribution in [0.15, 0.2) is 65.8 Å². The Bertz CT molecular complexity index is 1490. The van der Waals surface area contributed by atoms with Crippen LogP contribution >= 0.6 is 11.8 Å². The zero-order chi connectivity index (χ0) is 23.1. The summed E-state index contributed by atoms with van der Waals surface area (Å²) in [6.07, 6.45) is 0. The minimum absolute atomic E-state index is 0.0235. The molecule has 1 heterocycles. The number of rotatable bonds is 5. The Kier molecular flexibility index (Phi) is 4.98. The number of nitro groups is 1. The van der Waals surface area contributed by atoms with Gasteiger partial charge in [0.2, 0.25) is 5.91 Å². The first-order valence-electron chi connectivity index (χ1n) is 9.80. The number of carbonyl (C=O) groups is 3. The molecule has 2 N–H and O–H groups in total. The van der Waals surface area contributed by atoms with Crippen molar-refractivity contribution in [1.29, 1.82) is 0 Å². The predicted octanol–water partition coefficient (Wildman–Crippen LogP) is 3.98. The summed E-state index contributed by atoms with van der Waals surface area (Å²) >= 11 is 1.11. The lowest BCUT2D eigenvalue weighted by Crippen LogP contribution is -2.24. The van der Waals surface area contributed by atoms with Crippen LogP contribution in [0, 0.1) is 10.1 Å². The molecule has 4 aromatic rings. The fraction of sp³-hybridized carbons (Fsp3) is 0.0435. The predicted molar refractivity (Wildman–Crippen MR) is 122 cm³/mol. The Balaban J connectivity index is 1.34. The maximum atomic E-state index is 13.0. The lowest BCUT2D eigenvalue weighted by Gasteiger charge is -2.20. The van der Waals surface area contributed by atoms with Crippen LogP contribution in [0.5, 0.6) is 0 Å². The second-order valence-electron chi connectivity index (χ2n) is 7.27. The Hall–Kier alpha value is -4.31. The summed E-state index contributed by atoms with van der Waals surface area (Å²) in [6, 6.07) is 15.6. The van der Waals surface area contributed by atoms with Gasteiger partial charge in [0, 0.05) is 28.8 Å². The van der Waals surface area contributed by atoms with Crippen molar-refractivity contribution in [2.45, 2.75) is 5.16 Å². The minimum atomic E-state index is -0.495. The van der Waals surface area contributed by atoms with Crippen LogP contribution in [0.25, 0.3) is 11.0 Å². The van der Waals surface area contributed by atoms with E-state index in [4.69, 9.17) is 0 Å². The van der Waals surface area contributed by atoms with Crippen molar-refractivity contribution in [1.82, 2.24) is 9.97 Å². The molecule has 0 atom stereocenters. The number of hydrogen-bond donors (Lipinski definition) is 2. The first kappa shape index (κ1) is 20.6. The molecular weight excluding hydrogens is 444 g/mol. The number of nitrogens with one attached hydrogen (secondary N) is 2. The summed E-state index contributed by atoms with van der Waals surface area (Å²) in [5.41, 5.74) is 2.33. The van der Waals surface area contributed by atoms with E-state index >= 15 is 0 Å². The second kappa shape index (κ2) is 7.99. The fourth-order valence-corrected chi connectivity index (χ4v) is 4.41. The summed E-state index contributed by atoms with van der Waals surface area (Å²) in [4.78, 5) is 56.2. The molecule has 10 heteroatoms. The number of carbonyl (C=O) groups excluding carboxylic acids is 3. The molecule has 0 bridgehead atoms. The number of amides is 1. The molecule has 0 radical (unpaired) electrons. The number of fused-ring (bicyclic) bond motifs is 3. The highest BCUT2D eigenvalue weighted by Crippen LogP contribution is 2.32. The molecule has 33 heavy (non-hydrogen) atoms. The fourth-order valence-electron chi connectivity index (χ4n) is 3.73. The van der Waals surface area contributed by atoms with Crippen LogP contribution in [0.4, 0.5) is 11.4 Å². The number of nitrogens with zero attached hydrogens (tertiary/aromatic N) is 2. The normalized spacial score (nSPS) is 12.4. The lowest BCUT2D eigenvalue weighted by atomic mass is 9.83. The topological polar surface area (TPSA) is 135 Å². The van der Waals surface area contributed by atoms with Gasteiger partial charge in [-0.3, -0.25) is 24.5 Å². The second-order valence-corrected chi connectivity index (χ2v) is 8.23. The van der Waals surface area contributed by atoms with Gasteiger partial charge in [-0.05, 0) is 12.1 Å². The van der Waals surface area contributed by atoms with Crippen molar-refractivity contribution in [3.8, 4) is 0 Å². The van der Waals surface area contributed by atoms with Crippen molar-refractivity contribution in [2.75, 3.05) is 11.1 Å². The van der Waals surface area contributed by atoms with Crippen molar-refractivity contribution < 1.29 is 19.3 Å². The molecule has 0 spiro atoms. The molecule has 5 rings (SSSR count). The van der Waals surface area contributed by atoms with Gasteiger partial charge in [-0.25, -0.2) is 4.98 Å². The Morgan fingerprint density at radius 3 is 2.48 bits per heavy atom. The van der Waals surface area contributed by atoms with Crippen LogP contribution in [0.3, 0.4) is 0 Å². The number of benzene rings is 3. The number of aromatic amines is 1. The van der Waals surface area contributed by atoms with E-state index in [0.29, 0.717) is 27.3 Å². The molecule has 0 unspecified atom stereocenters. The number of imidazole rings is 1. The maximum absolute atomic E-state index is 13.0. The Labute approximate surface area is 190 Å². The van der Waals surface area contributed by atoms with E-state index in [9.17, 15) is 24.5 Å². The smallest absolute Gasteiger partial charge is 0.271 e.